The molecule has 2 aromatic rings. The average molecular weight is 433 g/mol. The van der Waals surface area contributed by atoms with Crippen molar-refractivity contribution in [1.29, 1.82) is 0 Å². The van der Waals surface area contributed by atoms with Gasteiger partial charge in [-0.15, -0.1) is 10.2 Å². The van der Waals surface area contributed by atoms with E-state index in [0.29, 0.717) is 36.1 Å². The van der Waals surface area contributed by atoms with Crippen molar-refractivity contribution >= 4 is 23.5 Å². The molecule has 160 valence electrons. The Labute approximate surface area is 179 Å². The lowest BCUT2D eigenvalue weighted by Gasteiger charge is -2.31. The van der Waals surface area contributed by atoms with Gasteiger partial charge in [0.15, 0.2) is 5.82 Å². The molecule has 3 rings (SSSR count). The van der Waals surface area contributed by atoms with Crippen molar-refractivity contribution in [3.63, 3.8) is 0 Å². The number of aromatic amines is 1. The lowest BCUT2D eigenvalue weighted by molar-refractivity contribution is -0.151. The molecule has 2 heterocycles. The molecular formula is C21H25ClN4O4. The van der Waals surface area contributed by atoms with Crippen LogP contribution in [0.2, 0.25) is 5.02 Å². The van der Waals surface area contributed by atoms with E-state index in [4.69, 9.17) is 16.3 Å². The van der Waals surface area contributed by atoms with Gasteiger partial charge < -0.3 is 14.6 Å². The second kappa shape index (κ2) is 9.84. The highest BCUT2D eigenvalue weighted by atomic mass is 35.5. The maximum atomic E-state index is 12.6. The van der Waals surface area contributed by atoms with Gasteiger partial charge in [-0.1, -0.05) is 23.7 Å². The maximum Gasteiger partial charge on any atom is 0.310 e. The first-order valence-corrected chi connectivity index (χ1v) is 10.4. The fourth-order valence-corrected chi connectivity index (χ4v) is 3.61. The molecule has 0 aliphatic carbocycles. The number of carbonyl (C=O) groups is 2. The topological polar surface area (TPSA) is 105 Å². The van der Waals surface area contributed by atoms with Crippen molar-refractivity contribution < 1.29 is 14.3 Å². The third kappa shape index (κ3) is 5.24. The van der Waals surface area contributed by atoms with Gasteiger partial charge >= 0.3 is 5.97 Å². The molecule has 1 aliphatic rings. The van der Waals surface area contributed by atoms with Gasteiger partial charge in [0.05, 0.1) is 12.5 Å². The third-order valence-corrected chi connectivity index (χ3v) is 5.59. The highest BCUT2D eigenvalue weighted by Crippen LogP contribution is 2.22. The average Bonchev–Trinajstić information content (AvgIpc) is 2.75. The Morgan fingerprint density at radius 3 is 2.83 bits per heavy atom. The molecule has 1 atom stereocenters. The van der Waals surface area contributed by atoms with Crippen molar-refractivity contribution in [3.05, 3.63) is 44.8 Å². The summed E-state index contributed by atoms with van der Waals surface area (Å²) in [4.78, 5) is 41.3. The quantitative estimate of drug-likeness (QED) is 0.703. The number of ether oxygens (including phenoxy) is 1. The number of nitrogens with zero attached hydrogens (tertiary/aromatic N) is 3. The number of nitrogens with one attached hydrogen (secondary N) is 1. The summed E-state index contributed by atoms with van der Waals surface area (Å²) in [7, 11) is 0. The molecule has 1 saturated heterocycles. The number of esters is 1. The molecule has 0 spiro atoms. The van der Waals surface area contributed by atoms with Crippen LogP contribution in [0.1, 0.15) is 37.4 Å². The number of carbonyl (C=O) groups excluding carboxylic acids is 2. The molecule has 1 aromatic carbocycles. The van der Waals surface area contributed by atoms with Gasteiger partial charge in [-0.25, -0.2) is 0 Å². The largest absolute Gasteiger partial charge is 0.466 e. The fraction of sp³-hybridized carbons (Fsp3) is 0.476. The lowest BCUT2D eigenvalue weighted by Crippen LogP contribution is -2.43. The summed E-state index contributed by atoms with van der Waals surface area (Å²) in [6.45, 7) is 4.94. The van der Waals surface area contributed by atoms with Crippen LogP contribution in [0.15, 0.2) is 23.0 Å². The molecule has 0 radical (unpaired) electrons. The van der Waals surface area contributed by atoms with Gasteiger partial charge in [-0.05, 0) is 38.3 Å². The number of rotatable bonds is 6. The molecule has 1 N–H and O–H groups in total. The Bertz CT molecular complexity index is 991. The standard InChI is InChI=1S/C21H25ClN4O4/c1-3-30-21(29)15-5-4-10-26(12-15)18(27)9-8-17-20(28)23-19(25-24-17)14-7-6-13(2)16(22)11-14/h6-7,11,15H,3-5,8-10,12H2,1-2H3,(H,23,25,28)/t15-/m0/s1. The maximum absolute atomic E-state index is 12.6. The van der Waals surface area contributed by atoms with E-state index in [2.05, 4.69) is 15.2 Å². The second-order valence-corrected chi connectivity index (χ2v) is 7.75. The van der Waals surface area contributed by atoms with Crippen molar-refractivity contribution in [2.75, 3.05) is 19.7 Å². The Hall–Kier alpha value is -2.74. The van der Waals surface area contributed by atoms with Crippen LogP contribution in [0, 0.1) is 12.8 Å². The zero-order chi connectivity index (χ0) is 21.7. The minimum atomic E-state index is -0.382. The summed E-state index contributed by atoms with van der Waals surface area (Å²) < 4.78 is 5.07. The highest BCUT2D eigenvalue weighted by Gasteiger charge is 2.29. The van der Waals surface area contributed by atoms with E-state index < -0.39 is 0 Å². The molecule has 1 amide bonds. The SMILES string of the molecule is CCOC(=O)[C@H]1CCCN(C(=O)CCc2nnc(-c3ccc(C)c(Cl)c3)[nH]c2=O)C1. The number of benzene rings is 1. The van der Waals surface area contributed by atoms with Crippen molar-refractivity contribution in [2.24, 2.45) is 5.92 Å². The monoisotopic (exact) mass is 432 g/mol. The van der Waals surface area contributed by atoms with Crippen LogP contribution in [0.3, 0.4) is 0 Å². The first kappa shape index (κ1) is 22.0. The first-order valence-electron chi connectivity index (χ1n) is 10.1. The second-order valence-electron chi connectivity index (χ2n) is 7.34. The third-order valence-electron chi connectivity index (χ3n) is 5.18. The van der Waals surface area contributed by atoms with Crippen LogP contribution < -0.4 is 5.56 Å². The Morgan fingerprint density at radius 2 is 2.13 bits per heavy atom. The number of halogens is 1. The summed E-state index contributed by atoms with van der Waals surface area (Å²) in [6, 6.07) is 5.36. The van der Waals surface area contributed by atoms with Crippen LogP contribution in [0.4, 0.5) is 0 Å². The molecular weight excluding hydrogens is 408 g/mol. The summed E-state index contributed by atoms with van der Waals surface area (Å²) >= 11 is 6.13. The lowest BCUT2D eigenvalue weighted by atomic mass is 9.98. The van der Waals surface area contributed by atoms with Gasteiger partial charge in [0.1, 0.15) is 5.69 Å². The summed E-state index contributed by atoms with van der Waals surface area (Å²) in [5.74, 6) is -0.333. The van der Waals surface area contributed by atoms with Gasteiger partial charge in [0.25, 0.3) is 5.56 Å². The van der Waals surface area contributed by atoms with E-state index in [0.717, 1.165) is 18.4 Å². The van der Waals surface area contributed by atoms with E-state index in [1.54, 1.807) is 24.0 Å². The van der Waals surface area contributed by atoms with E-state index in [1.807, 2.05) is 13.0 Å². The van der Waals surface area contributed by atoms with E-state index in [9.17, 15) is 14.4 Å². The normalized spacial score (nSPS) is 16.4. The van der Waals surface area contributed by atoms with Crippen molar-refractivity contribution in [3.8, 4) is 11.4 Å². The summed E-state index contributed by atoms with van der Waals surface area (Å²) in [6.07, 6.45) is 1.78. The number of hydrogen-bond donors (Lipinski definition) is 1. The van der Waals surface area contributed by atoms with Gasteiger partial charge in [-0.2, -0.15) is 0 Å². The van der Waals surface area contributed by atoms with E-state index in [1.165, 1.54) is 0 Å². The van der Waals surface area contributed by atoms with E-state index in [-0.39, 0.29) is 41.9 Å². The van der Waals surface area contributed by atoms with Gasteiger partial charge in [0, 0.05) is 36.5 Å². The number of aromatic nitrogens is 3. The zero-order valence-electron chi connectivity index (χ0n) is 17.1. The number of amides is 1. The van der Waals surface area contributed by atoms with Crippen molar-refractivity contribution in [1.82, 2.24) is 20.1 Å². The fourth-order valence-electron chi connectivity index (χ4n) is 3.43. The summed E-state index contributed by atoms with van der Waals surface area (Å²) in [5, 5.41) is 8.66. The van der Waals surface area contributed by atoms with Crippen LogP contribution in [-0.2, 0) is 20.7 Å². The van der Waals surface area contributed by atoms with E-state index >= 15 is 0 Å². The van der Waals surface area contributed by atoms with Gasteiger partial charge in [-0.3, -0.25) is 14.4 Å². The molecule has 1 fully saturated rings. The minimum absolute atomic E-state index is 0.111. The molecule has 0 saturated carbocycles. The molecule has 30 heavy (non-hydrogen) atoms. The van der Waals surface area contributed by atoms with Crippen LogP contribution >= 0.6 is 11.6 Å². The highest BCUT2D eigenvalue weighted by molar-refractivity contribution is 6.31. The molecule has 1 aliphatic heterocycles. The van der Waals surface area contributed by atoms with Crippen LogP contribution in [0.5, 0.6) is 0 Å². The zero-order valence-corrected chi connectivity index (χ0v) is 17.9. The Kier molecular flexibility index (Phi) is 7.20. The molecule has 1 aromatic heterocycles. The van der Waals surface area contributed by atoms with Crippen molar-refractivity contribution in [2.45, 2.75) is 39.5 Å². The Balaban J connectivity index is 1.61. The summed E-state index contributed by atoms with van der Waals surface area (Å²) in [5.41, 5.74) is 1.40. The number of H-pyrrole nitrogens is 1. The predicted octanol–water partition coefficient (Wildman–Crippen LogP) is 2.53. The van der Waals surface area contributed by atoms with Crippen LogP contribution in [0.25, 0.3) is 11.4 Å². The first-order chi connectivity index (χ1) is 14.4. The number of likely N-dealkylation sites (tertiary alicyclic amines) is 1. The minimum Gasteiger partial charge on any atom is -0.466 e. The molecule has 0 unspecified atom stereocenters. The molecule has 0 bridgehead atoms. The number of aryl methyl sites for hydroxylation is 2. The molecule has 8 nitrogen and oxygen atoms in total. The number of hydrogen-bond acceptors (Lipinski definition) is 6. The smallest absolute Gasteiger partial charge is 0.310 e. The molecule has 9 heteroatoms. The van der Waals surface area contributed by atoms with Crippen LogP contribution in [-0.4, -0.2) is 51.7 Å². The Morgan fingerprint density at radius 1 is 1.33 bits per heavy atom. The predicted molar refractivity (Wildman–Crippen MR) is 112 cm³/mol. The number of piperidine rings is 1. The van der Waals surface area contributed by atoms with Gasteiger partial charge in [0.2, 0.25) is 5.91 Å².